The number of alkyl halides is 1. The maximum absolute atomic E-state index is 9.57. The summed E-state index contributed by atoms with van der Waals surface area (Å²) in [7, 11) is 0. The normalized spacial score (nSPS) is 13.8. The average molecular weight is 463 g/mol. The van der Waals surface area contributed by atoms with Crippen LogP contribution in [-0.4, -0.2) is 48.1 Å². The zero-order valence-corrected chi connectivity index (χ0v) is 18.6. The van der Waals surface area contributed by atoms with Crippen LogP contribution in [-0.2, 0) is 5.41 Å². The molecule has 160 valence electrons. The number of rotatable bonds is 10. The van der Waals surface area contributed by atoms with E-state index >= 15 is 0 Å². The Bertz CT molecular complexity index is 776. The van der Waals surface area contributed by atoms with Crippen LogP contribution in [0.4, 0.5) is 0 Å². The van der Waals surface area contributed by atoms with Crippen molar-refractivity contribution in [3.05, 3.63) is 57.6 Å². The zero-order valence-electron chi connectivity index (χ0n) is 16.4. The number of aliphatic hydroxyl groups excluding tert-OH is 2. The molecule has 5 nitrogen and oxygen atoms in total. The number of hydrogen-bond donors (Lipinski definition) is 3. The van der Waals surface area contributed by atoms with E-state index in [4.69, 9.17) is 50.0 Å². The van der Waals surface area contributed by atoms with Gasteiger partial charge >= 0.3 is 0 Å². The predicted molar refractivity (Wildman–Crippen MR) is 118 cm³/mol. The van der Waals surface area contributed by atoms with E-state index in [9.17, 15) is 10.2 Å². The molecular weight excluding hydrogens is 437 g/mol. The van der Waals surface area contributed by atoms with Gasteiger partial charge < -0.3 is 25.4 Å². The van der Waals surface area contributed by atoms with E-state index in [1.165, 1.54) is 0 Å². The summed E-state index contributed by atoms with van der Waals surface area (Å²) in [5, 5.41) is 19.8. The number of nitrogens with two attached hydrogens (primary N) is 1. The Morgan fingerprint density at radius 1 is 0.931 bits per heavy atom. The van der Waals surface area contributed by atoms with E-state index in [0.29, 0.717) is 21.5 Å². The standard InChI is InChI=1S/C21H26Cl3NO4/c1-21(2,13-3-5-17(6-4-13)28-12-16(27)10-25)14-7-18(23)20(19(24)8-14)29-11-15(26)9-22/h3-8,15-16,26-27H,9-12,25H2,1-2H3. The zero-order chi connectivity index (χ0) is 21.6. The van der Waals surface area contributed by atoms with Gasteiger partial charge in [-0.1, -0.05) is 49.2 Å². The molecule has 0 aliphatic heterocycles. The Labute approximate surface area is 186 Å². The van der Waals surface area contributed by atoms with E-state index in [1.54, 1.807) is 12.1 Å². The molecule has 2 aromatic carbocycles. The van der Waals surface area contributed by atoms with Gasteiger partial charge in [-0.25, -0.2) is 0 Å². The summed E-state index contributed by atoms with van der Waals surface area (Å²) in [4.78, 5) is 0. The van der Waals surface area contributed by atoms with Gasteiger partial charge in [0.25, 0.3) is 0 Å². The van der Waals surface area contributed by atoms with Gasteiger partial charge in [-0.15, -0.1) is 11.6 Å². The van der Waals surface area contributed by atoms with Crippen LogP contribution in [0.25, 0.3) is 0 Å². The topological polar surface area (TPSA) is 84.9 Å². The van der Waals surface area contributed by atoms with Crippen molar-refractivity contribution in [1.29, 1.82) is 0 Å². The van der Waals surface area contributed by atoms with Gasteiger partial charge in [0, 0.05) is 12.0 Å². The fourth-order valence-corrected chi connectivity index (χ4v) is 3.36. The van der Waals surface area contributed by atoms with Crippen LogP contribution in [0, 0.1) is 0 Å². The lowest BCUT2D eigenvalue weighted by Gasteiger charge is -2.27. The SMILES string of the molecule is CC(C)(c1ccc(OCC(O)CN)cc1)c1cc(Cl)c(OCC(O)CCl)c(Cl)c1. The fourth-order valence-electron chi connectivity index (χ4n) is 2.68. The molecule has 8 heteroatoms. The van der Waals surface area contributed by atoms with Crippen molar-refractivity contribution in [3.8, 4) is 11.5 Å². The minimum Gasteiger partial charge on any atom is -0.491 e. The number of halogens is 3. The maximum atomic E-state index is 9.57. The largest absolute Gasteiger partial charge is 0.491 e. The molecule has 0 bridgehead atoms. The van der Waals surface area contributed by atoms with Crippen molar-refractivity contribution in [2.75, 3.05) is 25.6 Å². The average Bonchev–Trinajstić information content (AvgIpc) is 2.71. The lowest BCUT2D eigenvalue weighted by Crippen LogP contribution is -2.26. The molecule has 0 aromatic heterocycles. The summed E-state index contributed by atoms with van der Waals surface area (Å²) in [5.41, 5.74) is 6.92. The van der Waals surface area contributed by atoms with Gasteiger partial charge in [-0.2, -0.15) is 0 Å². The summed E-state index contributed by atoms with van der Waals surface area (Å²) in [6.07, 6.45) is -1.49. The van der Waals surface area contributed by atoms with Gasteiger partial charge in [0.15, 0.2) is 5.75 Å². The van der Waals surface area contributed by atoms with Crippen LogP contribution in [0.3, 0.4) is 0 Å². The minimum absolute atomic E-state index is 0.00595. The van der Waals surface area contributed by atoms with Crippen LogP contribution < -0.4 is 15.2 Å². The van der Waals surface area contributed by atoms with Crippen LogP contribution >= 0.6 is 34.8 Å². The molecule has 2 aromatic rings. The van der Waals surface area contributed by atoms with E-state index in [0.717, 1.165) is 11.1 Å². The first-order chi connectivity index (χ1) is 13.7. The molecule has 4 N–H and O–H groups in total. The van der Waals surface area contributed by atoms with Gasteiger partial charge in [-0.05, 0) is 35.4 Å². The first-order valence-electron chi connectivity index (χ1n) is 9.16. The Hall–Kier alpha value is -1.21. The molecule has 2 atom stereocenters. The molecule has 2 unspecified atom stereocenters. The fraction of sp³-hybridized carbons (Fsp3) is 0.429. The second-order valence-electron chi connectivity index (χ2n) is 7.24. The minimum atomic E-state index is -0.799. The molecule has 0 amide bonds. The van der Waals surface area contributed by atoms with Crippen LogP contribution in [0.1, 0.15) is 25.0 Å². The molecule has 2 rings (SSSR count). The number of ether oxygens (including phenoxy) is 2. The predicted octanol–water partition coefficient (Wildman–Crippen LogP) is 4.00. The third-order valence-electron chi connectivity index (χ3n) is 4.61. The van der Waals surface area contributed by atoms with Gasteiger partial charge in [0.1, 0.15) is 31.2 Å². The lowest BCUT2D eigenvalue weighted by molar-refractivity contribution is 0.114. The summed E-state index contributed by atoms with van der Waals surface area (Å²) in [6, 6.07) is 11.2. The van der Waals surface area contributed by atoms with Crippen molar-refractivity contribution >= 4 is 34.8 Å². The van der Waals surface area contributed by atoms with E-state index in [-0.39, 0.29) is 25.6 Å². The van der Waals surface area contributed by atoms with Crippen molar-refractivity contribution < 1.29 is 19.7 Å². The molecule has 0 aliphatic rings. The van der Waals surface area contributed by atoms with Crippen LogP contribution in [0.15, 0.2) is 36.4 Å². The summed E-state index contributed by atoms with van der Waals surface area (Å²) in [6.45, 7) is 4.41. The van der Waals surface area contributed by atoms with Crippen molar-refractivity contribution in [1.82, 2.24) is 0 Å². The summed E-state index contributed by atoms with van der Waals surface area (Å²) in [5.74, 6) is 1.03. The lowest BCUT2D eigenvalue weighted by atomic mass is 9.78. The third kappa shape index (κ3) is 6.38. The first-order valence-corrected chi connectivity index (χ1v) is 10.5. The first kappa shape index (κ1) is 24.1. The van der Waals surface area contributed by atoms with Gasteiger partial charge in [0.05, 0.1) is 15.9 Å². The van der Waals surface area contributed by atoms with E-state index in [2.05, 4.69) is 13.8 Å². The second kappa shape index (κ2) is 10.7. The highest BCUT2D eigenvalue weighted by Gasteiger charge is 2.26. The highest BCUT2D eigenvalue weighted by Crippen LogP contribution is 2.40. The molecule has 0 spiro atoms. The van der Waals surface area contributed by atoms with Gasteiger partial charge in [0.2, 0.25) is 0 Å². The number of hydrogen-bond acceptors (Lipinski definition) is 5. The molecule has 0 heterocycles. The highest BCUT2D eigenvalue weighted by atomic mass is 35.5. The third-order valence-corrected chi connectivity index (χ3v) is 5.53. The number of benzene rings is 2. The number of aliphatic hydroxyl groups is 2. The smallest absolute Gasteiger partial charge is 0.156 e. The van der Waals surface area contributed by atoms with E-state index in [1.807, 2.05) is 24.3 Å². The van der Waals surface area contributed by atoms with E-state index < -0.39 is 17.6 Å². The monoisotopic (exact) mass is 461 g/mol. The van der Waals surface area contributed by atoms with Crippen molar-refractivity contribution in [3.63, 3.8) is 0 Å². The van der Waals surface area contributed by atoms with Gasteiger partial charge in [-0.3, -0.25) is 0 Å². The molecule has 0 radical (unpaired) electrons. The van der Waals surface area contributed by atoms with Crippen LogP contribution in [0.5, 0.6) is 11.5 Å². The summed E-state index contributed by atoms with van der Waals surface area (Å²) >= 11 is 18.4. The van der Waals surface area contributed by atoms with Crippen LogP contribution in [0.2, 0.25) is 10.0 Å². The maximum Gasteiger partial charge on any atom is 0.156 e. The highest BCUT2D eigenvalue weighted by molar-refractivity contribution is 6.37. The molecule has 0 fully saturated rings. The Balaban J connectivity index is 2.19. The Kier molecular flexibility index (Phi) is 8.89. The molecular formula is C21H26Cl3NO4. The Morgan fingerprint density at radius 2 is 1.48 bits per heavy atom. The Morgan fingerprint density at radius 3 is 2.00 bits per heavy atom. The quantitative estimate of drug-likeness (QED) is 0.465. The molecule has 29 heavy (non-hydrogen) atoms. The summed E-state index contributed by atoms with van der Waals surface area (Å²) < 4.78 is 11.0. The van der Waals surface area contributed by atoms with Crippen molar-refractivity contribution in [2.45, 2.75) is 31.5 Å². The van der Waals surface area contributed by atoms with Crippen molar-refractivity contribution in [2.24, 2.45) is 5.73 Å². The molecule has 0 aliphatic carbocycles. The molecule has 0 saturated heterocycles. The second-order valence-corrected chi connectivity index (χ2v) is 8.36. The molecule has 0 saturated carbocycles.